The Morgan fingerprint density at radius 2 is 2.00 bits per heavy atom. The molecule has 3 rings (SSSR count). The number of carbonyl (C=O) groups excluding carboxylic acids is 2. The van der Waals surface area contributed by atoms with Crippen LogP contribution in [0.5, 0.6) is 0 Å². The second-order valence-electron chi connectivity index (χ2n) is 6.35. The first-order valence-electron chi connectivity index (χ1n) is 8.82. The number of anilines is 1. The number of carbonyl (C=O) groups is 2. The SMILES string of the molecule is Cc1cc(C(=O)OCC(=O)Nc2ccnn2Cc2ccccc2Cl)ccc1[N+](=O)[O-]. The summed E-state index contributed by atoms with van der Waals surface area (Å²) in [6, 6.07) is 12.7. The van der Waals surface area contributed by atoms with Gasteiger partial charge in [0, 0.05) is 22.7 Å². The maximum Gasteiger partial charge on any atom is 0.338 e. The van der Waals surface area contributed by atoms with E-state index in [1.165, 1.54) is 31.3 Å². The summed E-state index contributed by atoms with van der Waals surface area (Å²) in [5, 5.41) is 18.2. The Morgan fingerprint density at radius 1 is 1.23 bits per heavy atom. The lowest BCUT2D eigenvalue weighted by atomic mass is 10.1. The van der Waals surface area contributed by atoms with E-state index in [4.69, 9.17) is 16.3 Å². The fourth-order valence-corrected chi connectivity index (χ4v) is 2.93. The number of aromatic nitrogens is 2. The Morgan fingerprint density at radius 3 is 2.70 bits per heavy atom. The normalized spacial score (nSPS) is 10.5. The van der Waals surface area contributed by atoms with Gasteiger partial charge in [-0.05, 0) is 30.7 Å². The average molecular weight is 429 g/mol. The molecule has 0 aliphatic heterocycles. The molecule has 0 saturated carbocycles. The molecule has 10 heteroatoms. The van der Waals surface area contributed by atoms with Crippen LogP contribution < -0.4 is 5.32 Å². The third-order valence-electron chi connectivity index (χ3n) is 4.23. The van der Waals surface area contributed by atoms with Gasteiger partial charge in [-0.15, -0.1) is 0 Å². The van der Waals surface area contributed by atoms with E-state index < -0.39 is 23.4 Å². The number of nitro benzene ring substituents is 1. The van der Waals surface area contributed by atoms with Gasteiger partial charge in [-0.25, -0.2) is 9.48 Å². The van der Waals surface area contributed by atoms with Crippen molar-refractivity contribution in [1.29, 1.82) is 0 Å². The maximum absolute atomic E-state index is 12.2. The average Bonchev–Trinajstić information content (AvgIpc) is 3.14. The van der Waals surface area contributed by atoms with Crippen molar-refractivity contribution >= 4 is 35.0 Å². The molecule has 1 heterocycles. The molecule has 154 valence electrons. The highest BCUT2D eigenvalue weighted by Gasteiger charge is 2.16. The third kappa shape index (κ3) is 5.00. The van der Waals surface area contributed by atoms with E-state index in [-0.39, 0.29) is 11.3 Å². The molecule has 0 bridgehead atoms. The number of esters is 1. The Balaban J connectivity index is 1.59. The Bertz CT molecular complexity index is 1110. The molecule has 0 radical (unpaired) electrons. The Labute approximate surface area is 176 Å². The third-order valence-corrected chi connectivity index (χ3v) is 4.59. The number of nitro groups is 1. The summed E-state index contributed by atoms with van der Waals surface area (Å²) in [7, 11) is 0. The predicted molar refractivity (Wildman–Crippen MR) is 110 cm³/mol. The van der Waals surface area contributed by atoms with E-state index in [9.17, 15) is 19.7 Å². The quantitative estimate of drug-likeness (QED) is 0.349. The summed E-state index contributed by atoms with van der Waals surface area (Å²) in [6.07, 6.45) is 1.53. The van der Waals surface area contributed by atoms with Crippen molar-refractivity contribution in [2.24, 2.45) is 0 Å². The largest absolute Gasteiger partial charge is 0.452 e. The second kappa shape index (κ2) is 9.19. The molecule has 2 aromatic carbocycles. The first kappa shape index (κ1) is 21.0. The minimum Gasteiger partial charge on any atom is -0.452 e. The van der Waals surface area contributed by atoms with Crippen LogP contribution in [0.4, 0.5) is 11.5 Å². The molecule has 0 aliphatic rings. The lowest BCUT2D eigenvalue weighted by Crippen LogP contribution is -2.22. The molecule has 0 spiro atoms. The summed E-state index contributed by atoms with van der Waals surface area (Å²) >= 11 is 6.16. The lowest BCUT2D eigenvalue weighted by molar-refractivity contribution is -0.385. The summed E-state index contributed by atoms with van der Waals surface area (Å²) in [5.41, 5.74) is 1.17. The number of benzene rings is 2. The Hall–Kier alpha value is -3.72. The maximum atomic E-state index is 12.2. The molecule has 30 heavy (non-hydrogen) atoms. The smallest absolute Gasteiger partial charge is 0.338 e. The summed E-state index contributed by atoms with van der Waals surface area (Å²) in [5.74, 6) is -0.891. The first-order valence-corrected chi connectivity index (χ1v) is 9.20. The summed E-state index contributed by atoms with van der Waals surface area (Å²) in [6.45, 7) is 1.35. The van der Waals surface area contributed by atoms with Gasteiger partial charge in [-0.1, -0.05) is 29.8 Å². The van der Waals surface area contributed by atoms with Crippen LogP contribution in [-0.2, 0) is 16.1 Å². The van der Waals surface area contributed by atoms with E-state index in [1.807, 2.05) is 18.2 Å². The minimum atomic E-state index is -0.757. The fraction of sp³-hybridized carbons (Fsp3) is 0.150. The molecule has 0 aliphatic carbocycles. The van der Waals surface area contributed by atoms with Gasteiger partial charge in [-0.2, -0.15) is 5.10 Å². The molecular weight excluding hydrogens is 412 g/mol. The van der Waals surface area contributed by atoms with Crippen LogP contribution in [0.1, 0.15) is 21.5 Å². The number of ether oxygens (including phenoxy) is 1. The standard InChI is InChI=1S/C20H17ClN4O5/c1-13-10-14(6-7-17(13)25(28)29)20(27)30-12-19(26)23-18-8-9-22-24(18)11-15-4-2-3-5-16(15)21/h2-10H,11-12H2,1H3,(H,23,26). The van der Waals surface area contributed by atoms with Crippen molar-refractivity contribution in [3.8, 4) is 0 Å². The minimum absolute atomic E-state index is 0.101. The van der Waals surface area contributed by atoms with Gasteiger partial charge >= 0.3 is 5.97 Å². The van der Waals surface area contributed by atoms with Gasteiger partial charge < -0.3 is 10.1 Å². The van der Waals surface area contributed by atoms with E-state index in [0.717, 1.165) is 5.56 Å². The topological polar surface area (TPSA) is 116 Å². The fourth-order valence-electron chi connectivity index (χ4n) is 2.73. The molecular formula is C20H17ClN4O5. The summed E-state index contributed by atoms with van der Waals surface area (Å²) in [4.78, 5) is 34.6. The van der Waals surface area contributed by atoms with Crippen molar-refractivity contribution < 1.29 is 19.2 Å². The van der Waals surface area contributed by atoms with Gasteiger partial charge in [-0.3, -0.25) is 14.9 Å². The highest BCUT2D eigenvalue weighted by Crippen LogP contribution is 2.20. The van der Waals surface area contributed by atoms with Crippen LogP contribution in [0.25, 0.3) is 0 Å². The van der Waals surface area contributed by atoms with E-state index in [1.54, 1.807) is 16.8 Å². The van der Waals surface area contributed by atoms with E-state index in [2.05, 4.69) is 10.4 Å². The molecule has 0 unspecified atom stereocenters. The van der Waals surface area contributed by atoms with Crippen molar-refractivity contribution in [1.82, 2.24) is 9.78 Å². The molecule has 3 aromatic rings. The van der Waals surface area contributed by atoms with Crippen LogP contribution in [0.3, 0.4) is 0 Å². The van der Waals surface area contributed by atoms with Gasteiger partial charge in [0.2, 0.25) is 0 Å². The highest BCUT2D eigenvalue weighted by molar-refractivity contribution is 6.31. The Kier molecular flexibility index (Phi) is 6.43. The van der Waals surface area contributed by atoms with Crippen LogP contribution in [0, 0.1) is 17.0 Å². The second-order valence-corrected chi connectivity index (χ2v) is 6.76. The van der Waals surface area contributed by atoms with Crippen LogP contribution in [0.15, 0.2) is 54.7 Å². The van der Waals surface area contributed by atoms with Crippen molar-refractivity contribution in [2.75, 3.05) is 11.9 Å². The van der Waals surface area contributed by atoms with Gasteiger partial charge in [0.15, 0.2) is 6.61 Å². The molecule has 1 aromatic heterocycles. The molecule has 1 N–H and O–H groups in total. The lowest BCUT2D eigenvalue weighted by Gasteiger charge is -2.10. The molecule has 0 saturated heterocycles. The van der Waals surface area contributed by atoms with Crippen LogP contribution in [-0.4, -0.2) is 33.2 Å². The number of rotatable bonds is 7. The molecule has 0 fully saturated rings. The molecule has 9 nitrogen and oxygen atoms in total. The number of hydrogen-bond donors (Lipinski definition) is 1. The van der Waals surface area contributed by atoms with Crippen molar-refractivity contribution in [2.45, 2.75) is 13.5 Å². The van der Waals surface area contributed by atoms with Gasteiger partial charge in [0.1, 0.15) is 5.82 Å². The number of halogens is 1. The molecule has 0 atom stereocenters. The van der Waals surface area contributed by atoms with Gasteiger partial charge in [0.05, 0.1) is 23.2 Å². The number of aryl methyl sites for hydroxylation is 1. The number of nitrogens with zero attached hydrogens (tertiary/aromatic N) is 3. The zero-order valence-electron chi connectivity index (χ0n) is 15.9. The van der Waals surface area contributed by atoms with Crippen molar-refractivity contribution in [3.63, 3.8) is 0 Å². The highest BCUT2D eigenvalue weighted by atomic mass is 35.5. The van der Waals surface area contributed by atoms with E-state index in [0.29, 0.717) is 22.9 Å². The zero-order chi connectivity index (χ0) is 21.7. The summed E-state index contributed by atoms with van der Waals surface area (Å²) < 4.78 is 6.56. The van der Waals surface area contributed by atoms with Gasteiger partial charge in [0.25, 0.3) is 11.6 Å². The van der Waals surface area contributed by atoms with E-state index >= 15 is 0 Å². The monoisotopic (exact) mass is 428 g/mol. The van der Waals surface area contributed by atoms with Crippen molar-refractivity contribution in [3.05, 3.63) is 86.6 Å². The zero-order valence-corrected chi connectivity index (χ0v) is 16.6. The van der Waals surface area contributed by atoms with Crippen LogP contribution in [0.2, 0.25) is 5.02 Å². The number of amides is 1. The van der Waals surface area contributed by atoms with Crippen LogP contribution >= 0.6 is 11.6 Å². The first-order chi connectivity index (χ1) is 14.3. The number of hydrogen-bond acceptors (Lipinski definition) is 6. The predicted octanol–water partition coefficient (Wildman–Crippen LogP) is 3.60. The molecule has 1 amide bonds. The number of nitrogens with one attached hydrogen (secondary N) is 1.